The molecule has 0 aliphatic carbocycles. The predicted molar refractivity (Wildman–Crippen MR) is 118 cm³/mol. The number of esters is 2. The molecule has 0 heterocycles. The molecule has 0 aliphatic heterocycles. The second kappa shape index (κ2) is 11.6. The van der Waals surface area contributed by atoms with Gasteiger partial charge in [-0.2, -0.15) is 0 Å². The lowest BCUT2D eigenvalue weighted by atomic mass is 9.91. The van der Waals surface area contributed by atoms with Gasteiger partial charge in [0.05, 0.1) is 23.2 Å². The van der Waals surface area contributed by atoms with Gasteiger partial charge in [-0.3, -0.25) is 9.59 Å². The third kappa shape index (κ3) is 6.92. The Bertz CT molecular complexity index is 939. The first-order valence-electron chi connectivity index (χ1n) is 10.4. The van der Waals surface area contributed by atoms with Crippen molar-refractivity contribution >= 4 is 21.8 Å². The van der Waals surface area contributed by atoms with E-state index in [0.717, 1.165) is 0 Å². The van der Waals surface area contributed by atoms with Gasteiger partial charge in [0.2, 0.25) is 0 Å². The van der Waals surface area contributed by atoms with E-state index in [1.807, 2.05) is 0 Å². The zero-order valence-electron chi connectivity index (χ0n) is 18.2. The van der Waals surface area contributed by atoms with Crippen molar-refractivity contribution in [3.63, 3.8) is 0 Å². The number of hydrogen-bond acceptors (Lipinski definition) is 6. The summed E-state index contributed by atoms with van der Waals surface area (Å²) >= 11 is 0. The summed E-state index contributed by atoms with van der Waals surface area (Å²) in [6.45, 7) is 3.59. The molecule has 6 nitrogen and oxygen atoms in total. The predicted octanol–water partition coefficient (Wildman–Crippen LogP) is 4.44. The van der Waals surface area contributed by atoms with Crippen molar-refractivity contribution in [2.75, 3.05) is 7.11 Å². The number of carbonyl (C=O) groups excluding carboxylic acids is 2. The molecule has 0 amide bonds. The third-order valence-corrected chi connectivity index (χ3v) is 7.64. The highest BCUT2D eigenvalue weighted by Gasteiger charge is 2.41. The fraction of sp³-hybridized carbons (Fsp3) is 0.417. The molecule has 0 saturated heterocycles. The number of rotatable bonds is 11. The van der Waals surface area contributed by atoms with Gasteiger partial charge in [-0.05, 0) is 43.0 Å². The van der Waals surface area contributed by atoms with Gasteiger partial charge in [-0.25, -0.2) is 8.42 Å². The Balaban J connectivity index is 2.32. The Morgan fingerprint density at radius 2 is 1.48 bits per heavy atom. The monoisotopic (exact) mass is 446 g/mol. The van der Waals surface area contributed by atoms with Gasteiger partial charge < -0.3 is 9.47 Å². The van der Waals surface area contributed by atoms with E-state index in [0.29, 0.717) is 18.6 Å². The van der Waals surface area contributed by atoms with Crippen molar-refractivity contribution in [1.29, 1.82) is 0 Å². The molecule has 0 aromatic heterocycles. The van der Waals surface area contributed by atoms with Crippen LogP contribution < -0.4 is 4.74 Å². The average Bonchev–Trinajstić information content (AvgIpc) is 2.76. The molecule has 2 aromatic carbocycles. The maximum atomic E-state index is 13.5. The Labute approximate surface area is 184 Å². The number of methoxy groups -OCH3 is 1. The summed E-state index contributed by atoms with van der Waals surface area (Å²) in [4.78, 5) is 24.7. The minimum Gasteiger partial charge on any atom is -0.469 e. The van der Waals surface area contributed by atoms with E-state index in [1.54, 1.807) is 74.5 Å². The highest BCUT2D eigenvalue weighted by atomic mass is 32.2. The molecule has 2 atom stereocenters. The summed E-state index contributed by atoms with van der Waals surface area (Å²) in [6.07, 6.45) is 1.50. The van der Waals surface area contributed by atoms with Crippen molar-refractivity contribution in [2.24, 2.45) is 11.8 Å². The van der Waals surface area contributed by atoms with E-state index in [-0.39, 0.29) is 29.6 Å². The van der Waals surface area contributed by atoms with Crippen LogP contribution in [0, 0.1) is 11.8 Å². The minimum absolute atomic E-state index is 0.181. The second-order valence-corrected chi connectivity index (χ2v) is 9.84. The van der Waals surface area contributed by atoms with Crippen molar-refractivity contribution in [1.82, 2.24) is 0 Å². The average molecular weight is 447 g/mol. The van der Waals surface area contributed by atoms with Gasteiger partial charge in [0, 0.05) is 6.42 Å². The summed E-state index contributed by atoms with van der Waals surface area (Å²) in [5, 5.41) is -0.954. The minimum atomic E-state index is -3.79. The molecule has 2 aromatic rings. The number of sulfone groups is 1. The topological polar surface area (TPSA) is 86.7 Å². The van der Waals surface area contributed by atoms with Crippen LogP contribution in [0.2, 0.25) is 0 Å². The highest BCUT2D eigenvalue weighted by molar-refractivity contribution is 7.92. The maximum Gasteiger partial charge on any atom is 0.315 e. The number of benzene rings is 2. The lowest BCUT2D eigenvalue weighted by Crippen LogP contribution is -2.41. The SMILES string of the molecule is COC(=O)CCCC[C@@H](C(=O)Oc1ccccc1)[C@@H](C(C)C)S(=O)(=O)c1ccccc1. The quantitative estimate of drug-likeness (QED) is 0.288. The zero-order chi connectivity index (χ0) is 22.9. The van der Waals surface area contributed by atoms with Crippen LogP contribution in [0.3, 0.4) is 0 Å². The normalized spacial score (nSPS) is 13.4. The van der Waals surface area contributed by atoms with Crippen LogP contribution >= 0.6 is 0 Å². The van der Waals surface area contributed by atoms with E-state index < -0.39 is 27.0 Å². The smallest absolute Gasteiger partial charge is 0.315 e. The first-order chi connectivity index (χ1) is 14.8. The number of hydrogen-bond donors (Lipinski definition) is 0. The van der Waals surface area contributed by atoms with Crippen LogP contribution in [0.4, 0.5) is 0 Å². The molecule has 0 radical (unpaired) electrons. The Hall–Kier alpha value is -2.67. The largest absolute Gasteiger partial charge is 0.469 e. The number of unbranched alkanes of at least 4 members (excludes halogenated alkanes) is 1. The molecule has 31 heavy (non-hydrogen) atoms. The molecule has 0 fully saturated rings. The van der Waals surface area contributed by atoms with E-state index >= 15 is 0 Å². The molecule has 0 aliphatic rings. The highest BCUT2D eigenvalue weighted by Crippen LogP contribution is 2.32. The molecule has 7 heteroatoms. The van der Waals surface area contributed by atoms with Crippen LogP contribution in [0.25, 0.3) is 0 Å². The van der Waals surface area contributed by atoms with Gasteiger partial charge >= 0.3 is 11.9 Å². The lowest BCUT2D eigenvalue weighted by molar-refractivity contribution is -0.140. The van der Waals surface area contributed by atoms with Crippen LogP contribution in [0.1, 0.15) is 39.5 Å². The number of ether oxygens (including phenoxy) is 2. The Kier molecular flexibility index (Phi) is 9.24. The fourth-order valence-corrected chi connectivity index (χ4v) is 5.89. The molecule has 0 unspecified atom stereocenters. The van der Waals surface area contributed by atoms with Crippen LogP contribution in [0.5, 0.6) is 5.75 Å². The first-order valence-corrected chi connectivity index (χ1v) is 11.9. The Morgan fingerprint density at radius 1 is 0.903 bits per heavy atom. The summed E-state index contributed by atoms with van der Waals surface area (Å²) in [5.41, 5.74) is 0. The third-order valence-electron chi connectivity index (χ3n) is 5.12. The lowest BCUT2D eigenvalue weighted by Gasteiger charge is -2.28. The summed E-state index contributed by atoms with van der Waals surface area (Å²) in [6, 6.07) is 16.8. The molecular weight excluding hydrogens is 416 g/mol. The summed E-state index contributed by atoms with van der Waals surface area (Å²) in [5.74, 6) is -1.74. The van der Waals surface area contributed by atoms with Crippen molar-refractivity contribution < 1.29 is 27.5 Å². The van der Waals surface area contributed by atoms with Gasteiger partial charge in [0.15, 0.2) is 9.84 Å². The van der Waals surface area contributed by atoms with Crippen molar-refractivity contribution in [2.45, 2.75) is 49.7 Å². The van der Waals surface area contributed by atoms with Crippen LogP contribution in [-0.2, 0) is 24.2 Å². The molecule has 168 valence electrons. The van der Waals surface area contributed by atoms with E-state index in [2.05, 4.69) is 4.74 Å². The number of para-hydroxylation sites is 1. The summed E-state index contributed by atoms with van der Waals surface area (Å²) < 4.78 is 37.2. The van der Waals surface area contributed by atoms with E-state index in [9.17, 15) is 18.0 Å². The van der Waals surface area contributed by atoms with Crippen molar-refractivity contribution in [3.8, 4) is 5.75 Å². The van der Waals surface area contributed by atoms with Crippen LogP contribution in [0.15, 0.2) is 65.6 Å². The van der Waals surface area contributed by atoms with E-state index in [4.69, 9.17) is 4.74 Å². The van der Waals surface area contributed by atoms with Crippen molar-refractivity contribution in [3.05, 3.63) is 60.7 Å². The maximum absolute atomic E-state index is 13.5. The number of carbonyl (C=O) groups is 2. The Morgan fingerprint density at radius 3 is 2.03 bits per heavy atom. The first kappa shape index (κ1) is 24.6. The molecular formula is C24H30O6S. The standard InChI is InChI=1S/C24H30O6S/c1-18(2)23(31(27,28)20-14-8-5-9-15-20)21(16-10-11-17-22(25)29-3)24(26)30-19-12-6-4-7-13-19/h4-9,12-15,18,21,23H,10-11,16-17H2,1-3H3/t21-,23-/m1/s1. The van der Waals surface area contributed by atoms with Gasteiger partial charge in [0.1, 0.15) is 5.75 Å². The van der Waals surface area contributed by atoms with Crippen LogP contribution in [-0.4, -0.2) is 32.7 Å². The van der Waals surface area contributed by atoms with E-state index in [1.165, 1.54) is 7.11 Å². The second-order valence-electron chi connectivity index (χ2n) is 7.73. The van der Waals surface area contributed by atoms with Gasteiger partial charge in [-0.1, -0.05) is 56.7 Å². The zero-order valence-corrected chi connectivity index (χ0v) is 19.0. The molecule has 0 bridgehead atoms. The molecule has 2 rings (SSSR count). The van der Waals surface area contributed by atoms with Gasteiger partial charge in [0.25, 0.3) is 0 Å². The molecule has 0 N–H and O–H groups in total. The molecule has 0 saturated carbocycles. The summed E-state index contributed by atoms with van der Waals surface area (Å²) in [7, 11) is -2.46. The van der Waals surface area contributed by atoms with Gasteiger partial charge in [-0.15, -0.1) is 0 Å². The molecule has 0 spiro atoms. The fourth-order valence-electron chi connectivity index (χ4n) is 3.64.